The van der Waals surface area contributed by atoms with Crippen LogP contribution in [0.2, 0.25) is 0 Å². The average Bonchev–Trinajstić information content (AvgIpc) is 3.21. The van der Waals surface area contributed by atoms with Crippen LogP contribution in [-0.4, -0.2) is 47.7 Å². The van der Waals surface area contributed by atoms with Crippen molar-refractivity contribution in [1.82, 2.24) is 9.97 Å². The number of amides is 1. The molecule has 1 amide bonds. The highest BCUT2D eigenvalue weighted by atomic mass is 16.5. The number of ether oxygens (including phenoxy) is 2. The number of rotatable bonds is 7. The lowest BCUT2D eigenvalue weighted by Crippen LogP contribution is -2.20. The van der Waals surface area contributed by atoms with Gasteiger partial charge in [-0.05, 0) is 44.0 Å². The number of nitrogens with zero attached hydrogens (tertiary/aromatic N) is 2. The zero-order valence-electron chi connectivity index (χ0n) is 15.1. The first kappa shape index (κ1) is 18.8. The topological polar surface area (TPSA) is 102 Å². The molecule has 1 aliphatic rings. The molecule has 0 radical (unpaired) electrons. The van der Waals surface area contributed by atoms with E-state index in [2.05, 4.69) is 20.6 Å². The van der Waals surface area contributed by atoms with Gasteiger partial charge in [0.2, 0.25) is 5.95 Å². The molecule has 1 aromatic heterocycles. The number of hydrogen-bond donors (Lipinski definition) is 2. The third-order valence-corrected chi connectivity index (χ3v) is 4.08. The molecule has 142 valence electrons. The SMILES string of the molecule is CCOC(=O)c1ccc(NC(=O)c2cnc(NCC3CCCO3)nc2)cc1. The van der Waals surface area contributed by atoms with Gasteiger partial charge in [0.25, 0.3) is 5.91 Å². The second-order valence-electron chi connectivity index (χ2n) is 6.06. The minimum absolute atomic E-state index is 0.189. The summed E-state index contributed by atoms with van der Waals surface area (Å²) < 4.78 is 10.5. The smallest absolute Gasteiger partial charge is 0.338 e. The molecule has 1 atom stereocenters. The van der Waals surface area contributed by atoms with Crippen molar-refractivity contribution < 1.29 is 19.1 Å². The van der Waals surface area contributed by atoms with E-state index in [1.54, 1.807) is 31.2 Å². The monoisotopic (exact) mass is 370 g/mol. The largest absolute Gasteiger partial charge is 0.462 e. The number of nitrogens with one attached hydrogen (secondary N) is 2. The van der Waals surface area contributed by atoms with E-state index in [1.807, 2.05) is 0 Å². The maximum atomic E-state index is 12.3. The van der Waals surface area contributed by atoms with Crippen LogP contribution in [0, 0.1) is 0 Å². The van der Waals surface area contributed by atoms with Crippen molar-refractivity contribution in [2.24, 2.45) is 0 Å². The predicted octanol–water partition coefficient (Wildman–Crippen LogP) is 2.50. The molecule has 1 aliphatic heterocycles. The number of hydrogen-bond acceptors (Lipinski definition) is 7. The van der Waals surface area contributed by atoms with Crippen molar-refractivity contribution in [2.75, 3.05) is 30.4 Å². The van der Waals surface area contributed by atoms with Crippen molar-refractivity contribution in [2.45, 2.75) is 25.9 Å². The van der Waals surface area contributed by atoms with E-state index >= 15 is 0 Å². The Balaban J connectivity index is 1.53. The zero-order chi connectivity index (χ0) is 19.1. The van der Waals surface area contributed by atoms with Crippen LogP contribution in [0.15, 0.2) is 36.7 Å². The fourth-order valence-corrected chi connectivity index (χ4v) is 2.65. The van der Waals surface area contributed by atoms with Crippen LogP contribution in [0.1, 0.15) is 40.5 Å². The number of carbonyl (C=O) groups is 2. The average molecular weight is 370 g/mol. The first-order valence-electron chi connectivity index (χ1n) is 8.91. The summed E-state index contributed by atoms with van der Waals surface area (Å²) in [7, 11) is 0. The van der Waals surface area contributed by atoms with Gasteiger partial charge in [-0.25, -0.2) is 14.8 Å². The Morgan fingerprint density at radius 3 is 2.56 bits per heavy atom. The van der Waals surface area contributed by atoms with Gasteiger partial charge in [-0.1, -0.05) is 0 Å². The molecule has 1 saturated heterocycles. The van der Waals surface area contributed by atoms with Gasteiger partial charge in [0.1, 0.15) is 0 Å². The predicted molar refractivity (Wildman–Crippen MR) is 99.8 cm³/mol. The van der Waals surface area contributed by atoms with Gasteiger partial charge in [-0.3, -0.25) is 4.79 Å². The Hall–Kier alpha value is -3.00. The second kappa shape index (κ2) is 9.09. The fourth-order valence-electron chi connectivity index (χ4n) is 2.65. The minimum atomic E-state index is -0.394. The van der Waals surface area contributed by atoms with Crippen LogP contribution in [-0.2, 0) is 9.47 Å². The van der Waals surface area contributed by atoms with Crippen LogP contribution in [0.3, 0.4) is 0 Å². The molecule has 1 unspecified atom stereocenters. The Kier molecular flexibility index (Phi) is 6.32. The van der Waals surface area contributed by atoms with Gasteiger partial charge in [-0.15, -0.1) is 0 Å². The fraction of sp³-hybridized carbons (Fsp3) is 0.368. The van der Waals surface area contributed by atoms with Crippen LogP contribution in [0.5, 0.6) is 0 Å². The van der Waals surface area contributed by atoms with E-state index in [1.165, 1.54) is 12.4 Å². The van der Waals surface area contributed by atoms with Crippen molar-refractivity contribution in [3.05, 3.63) is 47.8 Å². The molecular formula is C19H22N4O4. The third kappa shape index (κ3) is 5.24. The summed E-state index contributed by atoms with van der Waals surface area (Å²) in [5.74, 6) is -0.264. The summed E-state index contributed by atoms with van der Waals surface area (Å²) in [6, 6.07) is 6.48. The van der Waals surface area contributed by atoms with Gasteiger partial charge < -0.3 is 20.1 Å². The Morgan fingerprint density at radius 2 is 1.93 bits per heavy atom. The minimum Gasteiger partial charge on any atom is -0.462 e. The Morgan fingerprint density at radius 1 is 1.19 bits per heavy atom. The Labute approximate surface area is 157 Å². The Bertz CT molecular complexity index is 771. The normalized spacial score (nSPS) is 16.0. The van der Waals surface area contributed by atoms with Crippen molar-refractivity contribution >= 4 is 23.5 Å². The van der Waals surface area contributed by atoms with Gasteiger partial charge >= 0.3 is 5.97 Å². The van der Waals surface area contributed by atoms with E-state index in [9.17, 15) is 9.59 Å². The number of aromatic nitrogens is 2. The highest BCUT2D eigenvalue weighted by molar-refractivity contribution is 6.04. The van der Waals surface area contributed by atoms with Crippen molar-refractivity contribution in [1.29, 1.82) is 0 Å². The molecule has 8 heteroatoms. The zero-order valence-corrected chi connectivity index (χ0v) is 15.1. The maximum Gasteiger partial charge on any atom is 0.338 e. The van der Waals surface area contributed by atoms with Crippen LogP contribution >= 0.6 is 0 Å². The van der Waals surface area contributed by atoms with Gasteiger partial charge in [0, 0.05) is 31.2 Å². The first-order valence-corrected chi connectivity index (χ1v) is 8.91. The highest BCUT2D eigenvalue weighted by Gasteiger charge is 2.15. The molecule has 3 rings (SSSR count). The lowest BCUT2D eigenvalue weighted by atomic mass is 10.2. The summed E-state index contributed by atoms with van der Waals surface area (Å²) in [5.41, 5.74) is 1.33. The van der Waals surface area contributed by atoms with E-state index < -0.39 is 5.97 Å². The molecule has 2 N–H and O–H groups in total. The van der Waals surface area contributed by atoms with Crippen molar-refractivity contribution in [3.63, 3.8) is 0 Å². The van der Waals surface area contributed by atoms with E-state index in [-0.39, 0.29) is 12.0 Å². The summed E-state index contributed by atoms with van der Waals surface area (Å²) in [4.78, 5) is 32.2. The molecule has 0 bridgehead atoms. The summed E-state index contributed by atoms with van der Waals surface area (Å²) in [6.07, 6.45) is 5.23. The van der Waals surface area contributed by atoms with Gasteiger partial charge in [0.05, 0.1) is 23.8 Å². The van der Waals surface area contributed by atoms with Crippen LogP contribution in [0.4, 0.5) is 11.6 Å². The quantitative estimate of drug-likeness (QED) is 0.722. The molecule has 2 heterocycles. The summed E-state index contributed by atoms with van der Waals surface area (Å²) >= 11 is 0. The molecule has 0 aliphatic carbocycles. The number of carbonyl (C=O) groups excluding carboxylic acids is 2. The maximum absolute atomic E-state index is 12.3. The summed E-state index contributed by atoms with van der Waals surface area (Å²) in [5, 5.41) is 5.85. The van der Waals surface area contributed by atoms with Gasteiger partial charge in [0.15, 0.2) is 0 Å². The van der Waals surface area contributed by atoms with Crippen LogP contribution in [0.25, 0.3) is 0 Å². The van der Waals surface area contributed by atoms with Crippen molar-refractivity contribution in [3.8, 4) is 0 Å². The summed E-state index contributed by atoms with van der Waals surface area (Å²) in [6.45, 7) is 3.51. The molecule has 0 saturated carbocycles. The molecule has 2 aromatic rings. The molecular weight excluding hydrogens is 348 g/mol. The number of benzene rings is 1. The number of esters is 1. The van der Waals surface area contributed by atoms with E-state index in [0.29, 0.717) is 35.9 Å². The van der Waals surface area contributed by atoms with E-state index in [0.717, 1.165) is 19.4 Å². The third-order valence-electron chi connectivity index (χ3n) is 4.08. The highest BCUT2D eigenvalue weighted by Crippen LogP contribution is 2.14. The molecule has 0 spiro atoms. The van der Waals surface area contributed by atoms with Crippen LogP contribution < -0.4 is 10.6 Å². The molecule has 1 aromatic carbocycles. The molecule has 27 heavy (non-hydrogen) atoms. The first-order chi connectivity index (χ1) is 13.2. The molecule has 8 nitrogen and oxygen atoms in total. The standard InChI is InChI=1S/C19H22N4O4/c1-2-26-18(25)13-5-7-15(8-6-13)23-17(24)14-10-20-19(21-11-14)22-12-16-4-3-9-27-16/h5-8,10-11,16H,2-4,9,12H2,1H3,(H,23,24)(H,20,21,22). The lowest BCUT2D eigenvalue weighted by molar-refractivity contribution is 0.0526. The molecule has 1 fully saturated rings. The second-order valence-corrected chi connectivity index (χ2v) is 6.06. The van der Waals surface area contributed by atoms with Gasteiger partial charge in [-0.2, -0.15) is 0 Å². The lowest BCUT2D eigenvalue weighted by Gasteiger charge is -2.10. The number of anilines is 2. The van der Waals surface area contributed by atoms with E-state index in [4.69, 9.17) is 9.47 Å².